The molecule has 0 atom stereocenters. The molecule has 3 heterocycles. The third-order valence-corrected chi connectivity index (χ3v) is 6.14. The van der Waals surface area contributed by atoms with Gasteiger partial charge in [0.15, 0.2) is 0 Å². The van der Waals surface area contributed by atoms with Gasteiger partial charge in [0.2, 0.25) is 0 Å². The van der Waals surface area contributed by atoms with Crippen molar-refractivity contribution in [1.29, 1.82) is 0 Å². The second kappa shape index (κ2) is 8.61. The van der Waals surface area contributed by atoms with E-state index in [0.29, 0.717) is 0 Å². The Labute approximate surface area is 181 Å². The Morgan fingerprint density at radius 2 is 1.74 bits per heavy atom. The Morgan fingerprint density at radius 3 is 2.55 bits per heavy atom. The summed E-state index contributed by atoms with van der Waals surface area (Å²) < 4.78 is 15.7. The molecule has 6 nitrogen and oxygen atoms in total. The molecule has 5 rings (SSSR count). The summed E-state index contributed by atoms with van der Waals surface area (Å²) in [5.41, 5.74) is 4.95. The van der Waals surface area contributed by atoms with E-state index in [2.05, 4.69) is 43.7 Å². The molecule has 1 fully saturated rings. The first-order valence-corrected chi connectivity index (χ1v) is 10.8. The first kappa shape index (κ1) is 19.9. The molecule has 0 saturated carbocycles. The van der Waals surface area contributed by atoms with Crippen molar-refractivity contribution in [3.05, 3.63) is 60.8 Å². The Morgan fingerprint density at radius 1 is 0.968 bits per heavy atom. The van der Waals surface area contributed by atoms with Crippen LogP contribution in [-0.2, 0) is 6.54 Å². The lowest BCUT2D eigenvalue weighted by Gasteiger charge is -2.32. The van der Waals surface area contributed by atoms with Crippen molar-refractivity contribution in [3.8, 4) is 22.5 Å². The number of piperazine rings is 1. The van der Waals surface area contributed by atoms with E-state index in [1.165, 1.54) is 12.1 Å². The van der Waals surface area contributed by atoms with Gasteiger partial charge in [0.1, 0.15) is 5.82 Å². The number of likely N-dealkylation sites (N-methyl/N-ethyl adjacent to an activating group) is 1. The minimum Gasteiger partial charge on any atom is -0.330 e. The number of imidazole rings is 1. The second-order valence-electron chi connectivity index (χ2n) is 8.31. The standard InChI is InChI=1S/C24H27FN6/c1-29-11-13-30(14-12-29)9-2-10-31-17-26-23(18-3-6-21(25)7-4-18)24(31)19-5-8-22-20(15-19)16-27-28-22/h3-8,15-17H,2,9-14H2,1H3,(H,27,28). The monoisotopic (exact) mass is 418 g/mol. The summed E-state index contributed by atoms with van der Waals surface area (Å²) in [5, 5.41) is 8.22. The highest BCUT2D eigenvalue weighted by molar-refractivity contribution is 5.87. The van der Waals surface area contributed by atoms with Crippen LogP contribution < -0.4 is 0 Å². The lowest BCUT2D eigenvalue weighted by atomic mass is 10.0. The van der Waals surface area contributed by atoms with Gasteiger partial charge >= 0.3 is 0 Å². The number of rotatable bonds is 6. The van der Waals surface area contributed by atoms with Crippen LogP contribution in [0.3, 0.4) is 0 Å². The van der Waals surface area contributed by atoms with Crippen molar-refractivity contribution in [2.24, 2.45) is 0 Å². The molecule has 4 aromatic rings. The van der Waals surface area contributed by atoms with Crippen LogP contribution in [0.5, 0.6) is 0 Å². The van der Waals surface area contributed by atoms with Crippen molar-refractivity contribution in [2.45, 2.75) is 13.0 Å². The van der Waals surface area contributed by atoms with Crippen molar-refractivity contribution < 1.29 is 4.39 Å². The van der Waals surface area contributed by atoms with Crippen LogP contribution in [0.25, 0.3) is 33.4 Å². The third-order valence-electron chi connectivity index (χ3n) is 6.14. The highest BCUT2D eigenvalue weighted by atomic mass is 19.1. The molecule has 7 heteroatoms. The molecule has 2 aromatic heterocycles. The molecule has 1 N–H and O–H groups in total. The Balaban J connectivity index is 1.44. The number of nitrogens with zero attached hydrogens (tertiary/aromatic N) is 5. The lowest BCUT2D eigenvalue weighted by Crippen LogP contribution is -2.44. The molecule has 0 spiro atoms. The van der Waals surface area contributed by atoms with Gasteiger partial charge in [0.25, 0.3) is 0 Å². The van der Waals surface area contributed by atoms with E-state index in [-0.39, 0.29) is 5.82 Å². The Bertz CT molecular complexity index is 1150. The molecule has 0 bridgehead atoms. The number of aromatic nitrogens is 4. The number of fused-ring (bicyclic) bond motifs is 1. The molecular formula is C24H27FN6. The quantitative estimate of drug-likeness (QED) is 0.517. The molecule has 0 unspecified atom stereocenters. The number of aromatic amines is 1. The predicted octanol–water partition coefficient (Wildman–Crippen LogP) is 3.87. The van der Waals surface area contributed by atoms with Crippen LogP contribution in [0.1, 0.15) is 6.42 Å². The fraction of sp³-hybridized carbons (Fsp3) is 0.333. The van der Waals surface area contributed by atoms with Crippen LogP contribution in [0.2, 0.25) is 0 Å². The largest absolute Gasteiger partial charge is 0.330 e. The maximum absolute atomic E-state index is 13.5. The van der Waals surface area contributed by atoms with Crippen molar-refractivity contribution >= 4 is 10.9 Å². The van der Waals surface area contributed by atoms with Crippen LogP contribution >= 0.6 is 0 Å². The van der Waals surface area contributed by atoms with Gasteiger partial charge < -0.3 is 14.4 Å². The molecule has 0 aliphatic carbocycles. The van der Waals surface area contributed by atoms with Crippen molar-refractivity contribution in [2.75, 3.05) is 39.8 Å². The van der Waals surface area contributed by atoms with E-state index in [1.54, 1.807) is 12.1 Å². The maximum atomic E-state index is 13.5. The zero-order chi connectivity index (χ0) is 21.2. The molecule has 0 radical (unpaired) electrons. The van der Waals surface area contributed by atoms with Gasteiger partial charge in [-0.3, -0.25) is 5.10 Å². The van der Waals surface area contributed by atoms with Gasteiger partial charge in [0.05, 0.1) is 29.4 Å². The summed E-state index contributed by atoms with van der Waals surface area (Å²) in [4.78, 5) is 9.65. The number of hydrogen-bond acceptors (Lipinski definition) is 4. The zero-order valence-electron chi connectivity index (χ0n) is 17.8. The minimum absolute atomic E-state index is 0.239. The average molecular weight is 419 g/mol. The lowest BCUT2D eigenvalue weighted by molar-refractivity contribution is 0.151. The zero-order valence-corrected chi connectivity index (χ0v) is 17.8. The van der Waals surface area contributed by atoms with Gasteiger partial charge in [-0.1, -0.05) is 6.07 Å². The predicted molar refractivity (Wildman–Crippen MR) is 121 cm³/mol. The Kier molecular flexibility index (Phi) is 5.53. The molecule has 1 aliphatic rings. The first-order valence-electron chi connectivity index (χ1n) is 10.8. The number of H-pyrrole nitrogens is 1. The van der Waals surface area contributed by atoms with E-state index in [4.69, 9.17) is 4.98 Å². The van der Waals surface area contributed by atoms with Crippen molar-refractivity contribution in [1.82, 2.24) is 29.5 Å². The third kappa shape index (κ3) is 4.24. The van der Waals surface area contributed by atoms with E-state index >= 15 is 0 Å². The SMILES string of the molecule is CN1CCN(CCCn2cnc(-c3ccc(F)cc3)c2-c2ccc3[nH]ncc3c2)CC1. The summed E-state index contributed by atoms with van der Waals surface area (Å²) in [6, 6.07) is 12.9. The first-order chi connectivity index (χ1) is 15.2. The van der Waals surface area contributed by atoms with Gasteiger partial charge in [0, 0.05) is 49.2 Å². The van der Waals surface area contributed by atoms with E-state index in [0.717, 1.165) is 79.1 Å². The summed E-state index contributed by atoms with van der Waals surface area (Å²) >= 11 is 0. The second-order valence-corrected chi connectivity index (χ2v) is 8.31. The number of nitrogens with one attached hydrogen (secondary N) is 1. The molecule has 160 valence electrons. The fourth-order valence-corrected chi connectivity index (χ4v) is 4.30. The Hall–Kier alpha value is -3.03. The highest BCUT2D eigenvalue weighted by Gasteiger charge is 2.17. The van der Waals surface area contributed by atoms with E-state index < -0.39 is 0 Å². The van der Waals surface area contributed by atoms with Crippen LogP contribution in [0, 0.1) is 5.82 Å². The summed E-state index contributed by atoms with van der Waals surface area (Å²) in [6.07, 6.45) is 4.81. The molecule has 1 aliphatic heterocycles. The van der Waals surface area contributed by atoms with E-state index in [9.17, 15) is 4.39 Å². The van der Waals surface area contributed by atoms with E-state index in [1.807, 2.05) is 18.6 Å². The minimum atomic E-state index is -0.239. The van der Waals surface area contributed by atoms with Gasteiger partial charge in [-0.2, -0.15) is 5.10 Å². The van der Waals surface area contributed by atoms with Crippen LogP contribution in [-0.4, -0.2) is 69.3 Å². The smallest absolute Gasteiger partial charge is 0.123 e. The average Bonchev–Trinajstić information content (AvgIpc) is 3.42. The highest BCUT2D eigenvalue weighted by Crippen LogP contribution is 2.33. The molecule has 0 amide bonds. The molecule has 1 saturated heterocycles. The van der Waals surface area contributed by atoms with Gasteiger partial charge in [-0.05, 0) is 56.4 Å². The fourth-order valence-electron chi connectivity index (χ4n) is 4.30. The molecule has 2 aromatic carbocycles. The number of halogens is 1. The summed E-state index contributed by atoms with van der Waals surface area (Å²) in [5.74, 6) is -0.239. The van der Waals surface area contributed by atoms with Gasteiger partial charge in [-0.15, -0.1) is 0 Å². The molecular weight excluding hydrogens is 391 g/mol. The number of hydrogen-bond donors (Lipinski definition) is 1. The normalized spacial score (nSPS) is 15.7. The summed E-state index contributed by atoms with van der Waals surface area (Å²) in [7, 11) is 2.18. The number of benzene rings is 2. The maximum Gasteiger partial charge on any atom is 0.123 e. The van der Waals surface area contributed by atoms with Gasteiger partial charge in [-0.25, -0.2) is 9.37 Å². The van der Waals surface area contributed by atoms with Crippen molar-refractivity contribution in [3.63, 3.8) is 0 Å². The van der Waals surface area contributed by atoms with Crippen LogP contribution in [0.15, 0.2) is 55.0 Å². The van der Waals surface area contributed by atoms with Crippen LogP contribution in [0.4, 0.5) is 4.39 Å². The topological polar surface area (TPSA) is 53.0 Å². The number of aryl methyl sites for hydroxylation is 1. The molecule has 31 heavy (non-hydrogen) atoms. The summed E-state index contributed by atoms with van der Waals surface area (Å²) in [6.45, 7) is 6.50.